The van der Waals surface area contributed by atoms with Crippen LogP contribution in [0.3, 0.4) is 0 Å². The summed E-state index contributed by atoms with van der Waals surface area (Å²) in [6, 6.07) is 1.98. The molecule has 0 heterocycles. The average Bonchev–Trinajstić information content (AvgIpc) is 2.01. The van der Waals surface area contributed by atoms with E-state index in [0.717, 1.165) is 6.04 Å². The van der Waals surface area contributed by atoms with Gasteiger partial charge in [0, 0.05) is 18.1 Å². The van der Waals surface area contributed by atoms with E-state index in [9.17, 15) is 0 Å². The van der Waals surface area contributed by atoms with E-state index in [1.54, 1.807) is 0 Å². The van der Waals surface area contributed by atoms with Crippen LogP contribution in [-0.4, -0.2) is 30.1 Å². The highest BCUT2D eigenvalue weighted by Crippen LogP contribution is 2.29. The quantitative estimate of drug-likeness (QED) is 0.705. The lowest BCUT2D eigenvalue weighted by atomic mass is 9.85. The highest BCUT2D eigenvalue weighted by molar-refractivity contribution is 4.90. The molecule has 0 aromatic rings. The molecular weight excluding hydrogens is 160 g/mol. The third-order valence-corrected chi connectivity index (χ3v) is 3.96. The first-order chi connectivity index (χ1) is 6.29. The van der Waals surface area contributed by atoms with Crippen LogP contribution in [0.5, 0.6) is 0 Å². The Kier molecular flexibility index (Phi) is 2.89. The fourth-order valence-corrected chi connectivity index (χ4v) is 2.71. The van der Waals surface area contributed by atoms with Crippen LogP contribution in [-0.2, 0) is 0 Å². The van der Waals surface area contributed by atoms with Crippen LogP contribution in [0.1, 0.15) is 44.9 Å². The molecule has 2 aliphatic rings. The molecule has 13 heavy (non-hydrogen) atoms. The summed E-state index contributed by atoms with van der Waals surface area (Å²) < 4.78 is 0. The summed E-state index contributed by atoms with van der Waals surface area (Å²) in [4.78, 5) is 2.56. The minimum atomic E-state index is 0.444. The first-order valence-corrected chi connectivity index (χ1v) is 5.76. The van der Waals surface area contributed by atoms with Gasteiger partial charge < -0.3 is 5.73 Å². The molecule has 2 nitrogen and oxygen atoms in total. The third-order valence-electron chi connectivity index (χ3n) is 3.96. The fraction of sp³-hybridized carbons (Fsp3) is 1.00. The van der Waals surface area contributed by atoms with Crippen LogP contribution < -0.4 is 5.73 Å². The van der Waals surface area contributed by atoms with E-state index in [0.29, 0.717) is 12.1 Å². The molecule has 2 rings (SSSR count). The fourth-order valence-electron chi connectivity index (χ4n) is 2.71. The molecule has 2 unspecified atom stereocenters. The second-order valence-corrected chi connectivity index (χ2v) is 4.77. The van der Waals surface area contributed by atoms with Crippen molar-refractivity contribution in [1.29, 1.82) is 0 Å². The van der Waals surface area contributed by atoms with Gasteiger partial charge in [-0.15, -0.1) is 0 Å². The topological polar surface area (TPSA) is 29.3 Å². The van der Waals surface area contributed by atoms with E-state index in [2.05, 4.69) is 11.9 Å². The Balaban J connectivity index is 1.88. The maximum atomic E-state index is 6.15. The number of nitrogens with zero attached hydrogens (tertiary/aromatic N) is 1. The van der Waals surface area contributed by atoms with E-state index < -0.39 is 0 Å². The Morgan fingerprint density at radius 2 is 1.69 bits per heavy atom. The number of hydrogen-bond acceptors (Lipinski definition) is 2. The molecule has 0 aliphatic heterocycles. The molecule has 0 aromatic heterocycles. The SMILES string of the molecule is CN(C1CCC1)C1CCCCC1N. The lowest BCUT2D eigenvalue weighted by Crippen LogP contribution is -2.53. The summed E-state index contributed by atoms with van der Waals surface area (Å²) in [6.07, 6.45) is 9.53. The minimum absolute atomic E-state index is 0.444. The maximum absolute atomic E-state index is 6.15. The van der Waals surface area contributed by atoms with E-state index >= 15 is 0 Å². The summed E-state index contributed by atoms with van der Waals surface area (Å²) >= 11 is 0. The maximum Gasteiger partial charge on any atom is 0.0247 e. The molecule has 2 N–H and O–H groups in total. The molecule has 0 radical (unpaired) electrons. The van der Waals surface area contributed by atoms with Crippen molar-refractivity contribution in [2.75, 3.05) is 7.05 Å². The van der Waals surface area contributed by atoms with Gasteiger partial charge in [0.05, 0.1) is 0 Å². The standard InChI is InChI=1S/C11H22N2/c1-13(9-5-4-6-9)11-8-3-2-7-10(11)12/h9-11H,2-8,12H2,1H3. The van der Waals surface area contributed by atoms with Gasteiger partial charge in [-0.2, -0.15) is 0 Å². The zero-order valence-corrected chi connectivity index (χ0v) is 8.71. The first-order valence-electron chi connectivity index (χ1n) is 5.76. The van der Waals surface area contributed by atoms with Crippen LogP contribution in [0, 0.1) is 0 Å². The molecule has 0 spiro atoms. The highest BCUT2D eigenvalue weighted by atomic mass is 15.2. The zero-order chi connectivity index (χ0) is 9.26. The lowest BCUT2D eigenvalue weighted by molar-refractivity contribution is 0.0762. The van der Waals surface area contributed by atoms with Crippen molar-refractivity contribution in [1.82, 2.24) is 4.90 Å². The van der Waals surface area contributed by atoms with E-state index in [4.69, 9.17) is 5.73 Å². The summed E-state index contributed by atoms with van der Waals surface area (Å²) in [6.45, 7) is 0. The van der Waals surface area contributed by atoms with Gasteiger partial charge in [0.2, 0.25) is 0 Å². The Morgan fingerprint density at radius 3 is 2.23 bits per heavy atom. The van der Waals surface area contributed by atoms with E-state index in [-0.39, 0.29) is 0 Å². The molecule has 0 saturated heterocycles. The van der Waals surface area contributed by atoms with Crippen molar-refractivity contribution in [3.63, 3.8) is 0 Å². The molecular formula is C11H22N2. The summed E-state index contributed by atoms with van der Waals surface area (Å²) in [5.41, 5.74) is 6.15. The molecule has 0 amide bonds. The Hall–Kier alpha value is -0.0800. The average molecular weight is 182 g/mol. The van der Waals surface area contributed by atoms with Crippen molar-refractivity contribution >= 4 is 0 Å². The van der Waals surface area contributed by atoms with Crippen molar-refractivity contribution in [3.8, 4) is 0 Å². The van der Waals surface area contributed by atoms with Crippen LogP contribution in [0.2, 0.25) is 0 Å². The smallest absolute Gasteiger partial charge is 0.0247 e. The third kappa shape index (κ3) is 1.89. The molecule has 2 saturated carbocycles. The summed E-state index contributed by atoms with van der Waals surface area (Å²) in [5.74, 6) is 0. The van der Waals surface area contributed by atoms with Crippen molar-refractivity contribution in [2.24, 2.45) is 5.73 Å². The van der Waals surface area contributed by atoms with Crippen LogP contribution in [0.25, 0.3) is 0 Å². The molecule has 2 fully saturated rings. The second-order valence-electron chi connectivity index (χ2n) is 4.77. The summed E-state index contributed by atoms with van der Waals surface area (Å²) in [5, 5.41) is 0. The monoisotopic (exact) mass is 182 g/mol. The molecule has 2 aliphatic carbocycles. The van der Waals surface area contributed by atoms with Gasteiger partial charge in [-0.3, -0.25) is 4.90 Å². The predicted molar refractivity (Wildman–Crippen MR) is 55.6 cm³/mol. The summed E-state index contributed by atoms with van der Waals surface area (Å²) in [7, 11) is 2.28. The van der Waals surface area contributed by atoms with Crippen LogP contribution >= 0.6 is 0 Å². The number of hydrogen-bond donors (Lipinski definition) is 1. The molecule has 2 heteroatoms. The normalized spacial score (nSPS) is 36.2. The predicted octanol–water partition coefficient (Wildman–Crippen LogP) is 1.74. The van der Waals surface area contributed by atoms with E-state index in [1.807, 2.05) is 0 Å². The largest absolute Gasteiger partial charge is 0.326 e. The highest BCUT2D eigenvalue weighted by Gasteiger charge is 2.31. The Morgan fingerprint density at radius 1 is 1.00 bits per heavy atom. The zero-order valence-electron chi connectivity index (χ0n) is 8.71. The second kappa shape index (κ2) is 3.97. The van der Waals surface area contributed by atoms with Gasteiger partial charge in [-0.25, -0.2) is 0 Å². The number of likely N-dealkylation sites (N-methyl/N-ethyl adjacent to an activating group) is 1. The van der Waals surface area contributed by atoms with Gasteiger partial charge in [0.25, 0.3) is 0 Å². The van der Waals surface area contributed by atoms with E-state index in [1.165, 1.54) is 44.9 Å². The van der Waals surface area contributed by atoms with Gasteiger partial charge in [-0.1, -0.05) is 19.3 Å². The molecule has 2 atom stereocenters. The van der Waals surface area contributed by atoms with Gasteiger partial charge in [0.15, 0.2) is 0 Å². The van der Waals surface area contributed by atoms with Crippen LogP contribution in [0.4, 0.5) is 0 Å². The molecule has 0 aromatic carbocycles. The van der Waals surface area contributed by atoms with Crippen molar-refractivity contribution < 1.29 is 0 Å². The lowest BCUT2D eigenvalue weighted by Gasteiger charge is -2.44. The Labute approximate surface area is 81.5 Å². The molecule has 76 valence electrons. The number of rotatable bonds is 2. The van der Waals surface area contributed by atoms with Crippen molar-refractivity contribution in [2.45, 2.75) is 63.1 Å². The van der Waals surface area contributed by atoms with Crippen molar-refractivity contribution in [3.05, 3.63) is 0 Å². The molecule has 0 bridgehead atoms. The van der Waals surface area contributed by atoms with Crippen LogP contribution in [0.15, 0.2) is 0 Å². The Bertz CT molecular complexity index is 165. The first kappa shape index (κ1) is 9.47. The number of nitrogens with two attached hydrogens (primary N) is 1. The van der Waals surface area contributed by atoms with Gasteiger partial charge in [0.1, 0.15) is 0 Å². The van der Waals surface area contributed by atoms with Gasteiger partial charge in [-0.05, 0) is 32.7 Å². The van der Waals surface area contributed by atoms with Gasteiger partial charge >= 0.3 is 0 Å². The minimum Gasteiger partial charge on any atom is -0.326 e.